The molecular weight excluding hydrogens is 392 g/mol. The summed E-state index contributed by atoms with van der Waals surface area (Å²) < 4.78 is 12.5. The highest BCUT2D eigenvalue weighted by atomic mass is 16.5. The van der Waals surface area contributed by atoms with Crippen molar-refractivity contribution in [3.05, 3.63) is 71.5 Å². The van der Waals surface area contributed by atoms with Crippen LogP contribution in [0.5, 0.6) is 0 Å². The number of carbonyl (C=O) groups excluding carboxylic acids is 2. The van der Waals surface area contributed by atoms with Crippen LogP contribution in [0.3, 0.4) is 0 Å². The molecule has 1 N–H and O–H groups in total. The number of hydrogen-bond acceptors (Lipinski definition) is 4. The summed E-state index contributed by atoms with van der Waals surface area (Å²) in [7, 11) is 2.65. The van der Waals surface area contributed by atoms with Crippen LogP contribution in [0, 0.1) is 0 Å². The van der Waals surface area contributed by atoms with Crippen LogP contribution in [0.25, 0.3) is 33.0 Å². The van der Waals surface area contributed by atoms with Crippen molar-refractivity contribution >= 4 is 44.9 Å². The van der Waals surface area contributed by atoms with Gasteiger partial charge in [-0.3, -0.25) is 0 Å². The van der Waals surface area contributed by atoms with Crippen LogP contribution in [0.4, 0.5) is 0 Å². The number of nitrogens with one attached hydrogen (secondary N) is 1. The smallest absolute Gasteiger partial charge is 0.339 e. The SMILES string of the molecule is COC(=O)/C(=C(/C(=O)OC)c1cn2c3c(cccc13)CCC2)c1c[nH]c2ccccc12. The van der Waals surface area contributed by atoms with Crippen molar-refractivity contribution in [3.8, 4) is 0 Å². The number of rotatable bonds is 4. The predicted octanol–water partition coefficient (Wildman–Crippen LogP) is 4.33. The molecule has 0 saturated carbocycles. The van der Waals surface area contributed by atoms with Crippen LogP contribution in [0.15, 0.2) is 54.9 Å². The number of hydrogen-bond donors (Lipinski definition) is 1. The lowest BCUT2D eigenvalue weighted by Crippen LogP contribution is -2.13. The Morgan fingerprint density at radius 1 is 0.903 bits per heavy atom. The first-order valence-electron chi connectivity index (χ1n) is 10.2. The first-order chi connectivity index (χ1) is 15.1. The van der Waals surface area contributed by atoms with Crippen molar-refractivity contribution < 1.29 is 19.1 Å². The fraction of sp³-hybridized carbons (Fsp3) is 0.200. The Bertz CT molecular complexity index is 1370. The molecule has 2 aromatic heterocycles. The molecule has 1 aliphatic heterocycles. The maximum atomic E-state index is 13.1. The number of esters is 2. The minimum absolute atomic E-state index is 0.190. The fourth-order valence-electron chi connectivity index (χ4n) is 4.63. The molecule has 0 bridgehead atoms. The van der Waals surface area contributed by atoms with Gasteiger partial charge in [0.1, 0.15) is 0 Å². The van der Waals surface area contributed by atoms with E-state index >= 15 is 0 Å². The van der Waals surface area contributed by atoms with E-state index in [0.717, 1.165) is 41.2 Å². The van der Waals surface area contributed by atoms with Crippen molar-refractivity contribution in [2.45, 2.75) is 19.4 Å². The molecule has 4 aromatic rings. The summed E-state index contributed by atoms with van der Waals surface area (Å²) in [6.07, 6.45) is 5.72. The summed E-state index contributed by atoms with van der Waals surface area (Å²) in [5.41, 5.74) is 4.90. The molecule has 0 saturated heterocycles. The Hall–Kier alpha value is -3.80. The number of carbonyl (C=O) groups is 2. The molecule has 0 atom stereocenters. The van der Waals surface area contributed by atoms with Gasteiger partial charge in [0.25, 0.3) is 0 Å². The zero-order valence-electron chi connectivity index (χ0n) is 17.4. The third kappa shape index (κ3) is 2.94. The number of methoxy groups -OCH3 is 2. The third-order valence-electron chi connectivity index (χ3n) is 5.98. The van der Waals surface area contributed by atoms with E-state index in [-0.39, 0.29) is 11.1 Å². The molecule has 0 radical (unpaired) electrons. The second kappa shape index (κ2) is 7.47. The van der Waals surface area contributed by atoms with E-state index in [0.29, 0.717) is 11.1 Å². The predicted molar refractivity (Wildman–Crippen MR) is 119 cm³/mol. The van der Waals surface area contributed by atoms with Gasteiger partial charge < -0.3 is 19.0 Å². The number of aromatic amines is 1. The monoisotopic (exact) mass is 414 g/mol. The largest absolute Gasteiger partial charge is 0.465 e. The van der Waals surface area contributed by atoms with E-state index < -0.39 is 11.9 Å². The van der Waals surface area contributed by atoms with E-state index in [2.05, 4.69) is 15.6 Å². The molecule has 6 heteroatoms. The molecule has 0 aliphatic carbocycles. The molecule has 5 rings (SSSR count). The number of para-hydroxylation sites is 2. The second-order valence-corrected chi connectivity index (χ2v) is 7.63. The average molecular weight is 414 g/mol. The average Bonchev–Trinajstić information content (AvgIpc) is 3.40. The molecule has 156 valence electrons. The maximum absolute atomic E-state index is 13.1. The van der Waals surface area contributed by atoms with Gasteiger partial charge in [0.2, 0.25) is 0 Å². The topological polar surface area (TPSA) is 73.3 Å². The van der Waals surface area contributed by atoms with Crippen LogP contribution < -0.4 is 0 Å². The summed E-state index contributed by atoms with van der Waals surface area (Å²) in [6.45, 7) is 0.864. The molecule has 0 amide bonds. The minimum Gasteiger partial charge on any atom is -0.465 e. The van der Waals surface area contributed by atoms with Crippen molar-refractivity contribution in [3.63, 3.8) is 0 Å². The summed E-state index contributed by atoms with van der Waals surface area (Å²) in [4.78, 5) is 29.4. The molecule has 3 heterocycles. The van der Waals surface area contributed by atoms with Gasteiger partial charge in [0, 0.05) is 46.4 Å². The van der Waals surface area contributed by atoms with Gasteiger partial charge in [-0.1, -0.05) is 36.4 Å². The van der Waals surface area contributed by atoms with Gasteiger partial charge in [0.05, 0.1) is 30.9 Å². The Kier molecular flexibility index (Phi) is 4.62. The first kappa shape index (κ1) is 19.2. The molecule has 0 unspecified atom stereocenters. The highest BCUT2D eigenvalue weighted by Crippen LogP contribution is 2.38. The first-order valence-corrected chi connectivity index (χ1v) is 10.2. The van der Waals surface area contributed by atoms with Crippen molar-refractivity contribution in [2.75, 3.05) is 14.2 Å². The van der Waals surface area contributed by atoms with E-state index in [1.165, 1.54) is 19.8 Å². The molecule has 1 aliphatic rings. The number of aromatic nitrogens is 2. The lowest BCUT2D eigenvalue weighted by atomic mass is 9.93. The van der Waals surface area contributed by atoms with E-state index in [9.17, 15) is 9.59 Å². The summed E-state index contributed by atoms with van der Waals surface area (Å²) >= 11 is 0. The number of nitrogens with zero attached hydrogens (tertiary/aromatic N) is 1. The normalized spacial score (nSPS) is 13.9. The number of benzene rings is 2. The summed E-state index contributed by atoms with van der Waals surface area (Å²) in [5.74, 6) is -1.16. The zero-order chi connectivity index (χ0) is 21.5. The lowest BCUT2D eigenvalue weighted by Gasteiger charge is -2.14. The number of aryl methyl sites for hydroxylation is 2. The molecule has 0 spiro atoms. The summed E-state index contributed by atoms with van der Waals surface area (Å²) in [5, 5.41) is 1.76. The quantitative estimate of drug-likeness (QED) is 0.399. The van der Waals surface area contributed by atoms with Crippen LogP contribution in [-0.2, 0) is 32.0 Å². The van der Waals surface area contributed by atoms with E-state index in [1.807, 2.05) is 42.6 Å². The van der Waals surface area contributed by atoms with Gasteiger partial charge in [-0.25, -0.2) is 9.59 Å². The zero-order valence-corrected chi connectivity index (χ0v) is 17.4. The minimum atomic E-state index is -0.586. The summed E-state index contributed by atoms with van der Waals surface area (Å²) in [6, 6.07) is 13.7. The van der Waals surface area contributed by atoms with Gasteiger partial charge in [0.15, 0.2) is 0 Å². The van der Waals surface area contributed by atoms with Gasteiger partial charge in [-0.2, -0.15) is 0 Å². The maximum Gasteiger partial charge on any atom is 0.339 e. The lowest BCUT2D eigenvalue weighted by molar-refractivity contribution is -0.135. The van der Waals surface area contributed by atoms with Crippen LogP contribution >= 0.6 is 0 Å². The van der Waals surface area contributed by atoms with Gasteiger partial charge in [-0.05, 0) is 24.5 Å². The molecule has 0 fully saturated rings. The highest BCUT2D eigenvalue weighted by molar-refractivity contribution is 6.40. The van der Waals surface area contributed by atoms with Crippen molar-refractivity contribution in [1.29, 1.82) is 0 Å². The molecular formula is C25H22N2O4. The molecule has 6 nitrogen and oxygen atoms in total. The highest BCUT2D eigenvalue weighted by Gasteiger charge is 2.30. The Morgan fingerprint density at radius 2 is 1.61 bits per heavy atom. The second-order valence-electron chi connectivity index (χ2n) is 7.63. The number of fused-ring (bicyclic) bond motifs is 1. The Labute approximate surface area is 179 Å². The van der Waals surface area contributed by atoms with E-state index in [1.54, 1.807) is 6.20 Å². The van der Waals surface area contributed by atoms with Crippen molar-refractivity contribution in [1.82, 2.24) is 9.55 Å². The van der Waals surface area contributed by atoms with Crippen LogP contribution in [0.1, 0.15) is 23.1 Å². The van der Waals surface area contributed by atoms with Crippen LogP contribution in [0.2, 0.25) is 0 Å². The molecule has 31 heavy (non-hydrogen) atoms. The standard InChI is InChI=1S/C25H22N2O4/c1-30-24(28)21(18-13-26-20-11-4-3-9-16(18)20)22(25(29)31-2)19-14-27-12-6-8-15-7-5-10-17(19)23(15)27/h3-5,7,9-11,13-14,26H,6,8,12H2,1-2H3/b22-21+. The van der Waals surface area contributed by atoms with Crippen molar-refractivity contribution in [2.24, 2.45) is 0 Å². The molecule has 2 aromatic carbocycles. The van der Waals surface area contributed by atoms with E-state index in [4.69, 9.17) is 9.47 Å². The Morgan fingerprint density at radius 3 is 2.39 bits per heavy atom. The fourth-order valence-corrected chi connectivity index (χ4v) is 4.63. The number of H-pyrrole nitrogens is 1. The van der Waals surface area contributed by atoms with Gasteiger partial charge >= 0.3 is 11.9 Å². The third-order valence-corrected chi connectivity index (χ3v) is 5.98. The number of ether oxygens (including phenoxy) is 2. The van der Waals surface area contributed by atoms with Gasteiger partial charge in [-0.15, -0.1) is 0 Å². The van der Waals surface area contributed by atoms with Crippen LogP contribution in [-0.4, -0.2) is 35.7 Å². The Balaban J connectivity index is 1.89.